The third-order valence-electron chi connectivity index (χ3n) is 3.71. The van der Waals surface area contributed by atoms with E-state index in [1.54, 1.807) is 6.07 Å². The number of pyridine rings is 1. The van der Waals surface area contributed by atoms with Crippen molar-refractivity contribution in [2.75, 3.05) is 18.0 Å². The molecule has 3 rings (SSSR count). The molecule has 0 spiro atoms. The molecule has 5 heteroatoms. The van der Waals surface area contributed by atoms with Gasteiger partial charge >= 0.3 is 5.97 Å². The van der Waals surface area contributed by atoms with Crippen LogP contribution in [0.4, 0.5) is 5.82 Å². The van der Waals surface area contributed by atoms with Crippen molar-refractivity contribution >= 4 is 11.8 Å². The lowest BCUT2D eigenvalue weighted by atomic mass is 10.1. The molecule has 5 nitrogen and oxygen atoms in total. The summed E-state index contributed by atoms with van der Waals surface area (Å²) in [5.41, 5.74) is 1.18. The summed E-state index contributed by atoms with van der Waals surface area (Å²) in [7, 11) is 0. The third-order valence-corrected chi connectivity index (χ3v) is 3.71. The van der Waals surface area contributed by atoms with E-state index in [-0.39, 0.29) is 17.9 Å². The van der Waals surface area contributed by atoms with Crippen molar-refractivity contribution in [1.82, 2.24) is 4.98 Å². The van der Waals surface area contributed by atoms with Crippen LogP contribution in [0.5, 0.6) is 0 Å². The number of carbonyl (C=O) groups is 1. The van der Waals surface area contributed by atoms with Crippen LogP contribution in [0.15, 0.2) is 48.5 Å². The molecule has 1 fully saturated rings. The van der Waals surface area contributed by atoms with Crippen LogP contribution in [0.2, 0.25) is 0 Å². The van der Waals surface area contributed by atoms with E-state index in [2.05, 4.69) is 9.88 Å². The SMILES string of the molecule is CC1CN(c2cccc(C(=O)O)n2)CC(c2ccccc2)O1. The summed E-state index contributed by atoms with van der Waals surface area (Å²) in [5.74, 6) is -0.334. The molecule has 0 bridgehead atoms. The Morgan fingerprint density at radius 3 is 2.68 bits per heavy atom. The van der Waals surface area contributed by atoms with Crippen LogP contribution in [-0.2, 0) is 4.74 Å². The smallest absolute Gasteiger partial charge is 0.354 e. The fourth-order valence-electron chi connectivity index (χ4n) is 2.71. The molecule has 1 N–H and O–H groups in total. The van der Waals surface area contributed by atoms with E-state index in [9.17, 15) is 4.79 Å². The number of hydrogen-bond donors (Lipinski definition) is 1. The highest BCUT2D eigenvalue weighted by molar-refractivity contribution is 5.85. The Balaban J connectivity index is 1.85. The van der Waals surface area contributed by atoms with Gasteiger partial charge in [-0.15, -0.1) is 0 Å². The molecule has 114 valence electrons. The number of carboxylic acids is 1. The second-order valence-corrected chi connectivity index (χ2v) is 5.44. The first kappa shape index (κ1) is 14.5. The van der Waals surface area contributed by atoms with Crippen molar-refractivity contribution in [3.8, 4) is 0 Å². The molecular formula is C17H18N2O3. The molecule has 2 atom stereocenters. The predicted molar refractivity (Wildman–Crippen MR) is 83.1 cm³/mol. The van der Waals surface area contributed by atoms with Crippen LogP contribution < -0.4 is 4.90 Å². The minimum absolute atomic E-state index is 0.0414. The van der Waals surface area contributed by atoms with E-state index >= 15 is 0 Å². The molecular weight excluding hydrogens is 280 g/mol. The number of aromatic nitrogens is 1. The first-order valence-electron chi connectivity index (χ1n) is 7.29. The number of carboxylic acid groups (broad SMARTS) is 1. The zero-order valence-electron chi connectivity index (χ0n) is 12.3. The Labute approximate surface area is 129 Å². The van der Waals surface area contributed by atoms with Crippen molar-refractivity contribution in [2.45, 2.75) is 19.1 Å². The lowest BCUT2D eigenvalue weighted by Gasteiger charge is -2.37. The van der Waals surface area contributed by atoms with Gasteiger partial charge in [0.25, 0.3) is 0 Å². The summed E-state index contributed by atoms with van der Waals surface area (Å²) >= 11 is 0. The third kappa shape index (κ3) is 3.09. The van der Waals surface area contributed by atoms with E-state index in [4.69, 9.17) is 9.84 Å². The van der Waals surface area contributed by atoms with Crippen LogP contribution in [-0.4, -0.2) is 35.3 Å². The zero-order chi connectivity index (χ0) is 15.5. The Kier molecular flexibility index (Phi) is 4.06. The van der Waals surface area contributed by atoms with Crippen LogP contribution in [0.3, 0.4) is 0 Å². The molecule has 1 saturated heterocycles. The van der Waals surface area contributed by atoms with Gasteiger partial charge in [0.05, 0.1) is 6.10 Å². The zero-order valence-corrected chi connectivity index (χ0v) is 12.3. The van der Waals surface area contributed by atoms with Gasteiger partial charge in [-0.1, -0.05) is 36.4 Å². The molecule has 1 aliphatic heterocycles. The number of hydrogen-bond acceptors (Lipinski definition) is 4. The van der Waals surface area contributed by atoms with Crippen LogP contribution in [0.1, 0.15) is 29.1 Å². The van der Waals surface area contributed by atoms with Crippen molar-refractivity contribution in [2.24, 2.45) is 0 Å². The summed E-state index contributed by atoms with van der Waals surface area (Å²) in [6, 6.07) is 15.1. The number of benzene rings is 1. The molecule has 1 aromatic carbocycles. The van der Waals surface area contributed by atoms with Crippen molar-refractivity contribution < 1.29 is 14.6 Å². The van der Waals surface area contributed by atoms with Crippen molar-refractivity contribution in [3.63, 3.8) is 0 Å². The second kappa shape index (κ2) is 6.15. The largest absolute Gasteiger partial charge is 0.477 e. The highest BCUT2D eigenvalue weighted by Gasteiger charge is 2.27. The molecule has 0 aliphatic carbocycles. The van der Waals surface area contributed by atoms with Gasteiger partial charge in [0.2, 0.25) is 0 Å². The molecule has 0 radical (unpaired) electrons. The molecule has 2 aromatic rings. The average Bonchev–Trinajstić information content (AvgIpc) is 2.55. The van der Waals surface area contributed by atoms with Gasteiger partial charge in [-0.05, 0) is 24.6 Å². The Morgan fingerprint density at radius 2 is 1.95 bits per heavy atom. The van der Waals surface area contributed by atoms with Crippen LogP contribution in [0, 0.1) is 0 Å². The maximum atomic E-state index is 11.1. The molecule has 2 heterocycles. The molecule has 22 heavy (non-hydrogen) atoms. The van der Waals surface area contributed by atoms with Gasteiger partial charge < -0.3 is 14.7 Å². The summed E-state index contributed by atoms with van der Waals surface area (Å²) in [4.78, 5) is 17.4. The lowest BCUT2D eigenvalue weighted by molar-refractivity contribution is -0.0176. The fraction of sp³-hybridized carbons (Fsp3) is 0.294. The minimum atomic E-state index is -1.01. The first-order chi connectivity index (χ1) is 10.6. The highest BCUT2D eigenvalue weighted by atomic mass is 16.5. The van der Waals surface area contributed by atoms with Gasteiger partial charge in [0.1, 0.15) is 11.9 Å². The van der Waals surface area contributed by atoms with Crippen LogP contribution >= 0.6 is 0 Å². The number of morpholine rings is 1. The minimum Gasteiger partial charge on any atom is -0.477 e. The normalized spacial score (nSPS) is 21.6. The summed E-state index contributed by atoms with van der Waals surface area (Å²) < 4.78 is 6.02. The second-order valence-electron chi connectivity index (χ2n) is 5.44. The van der Waals surface area contributed by atoms with Gasteiger partial charge in [0.15, 0.2) is 5.69 Å². The van der Waals surface area contributed by atoms with Gasteiger partial charge in [-0.25, -0.2) is 9.78 Å². The number of ether oxygens (including phenoxy) is 1. The number of rotatable bonds is 3. The van der Waals surface area contributed by atoms with Crippen molar-refractivity contribution in [3.05, 3.63) is 59.8 Å². The molecule has 1 aliphatic rings. The Hall–Kier alpha value is -2.40. The quantitative estimate of drug-likeness (QED) is 0.944. The summed E-state index contributed by atoms with van der Waals surface area (Å²) in [6.45, 7) is 3.37. The summed E-state index contributed by atoms with van der Waals surface area (Å²) in [6.07, 6.45) is 0.00877. The monoisotopic (exact) mass is 298 g/mol. The Morgan fingerprint density at radius 1 is 1.18 bits per heavy atom. The predicted octanol–water partition coefficient (Wildman–Crippen LogP) is 2.75. The molecule has 0 amide bonds. The number of anilines is 1. The van der Waals surface area contributed by atoms with E-state index in [1.807, 2.05) is 43.3 Å². The molecule has 1 aromatic heterocycles. The van der Waals surface area contributed by atoms with Gasteiger partial charge in [-0.2, -0.15) is 0 Å². The maximum absolute atomic E-state index is 11.1. The maximum Gasteiger partial charge on any atom is 0.354 e. The molecule has 0 saturated carbocycles. The van der Waals surface area contributed by atoms with Crippen molar-refractivity contribution in [1.29, 1.82) is 0 Å². The van der Waals surface area contributed by atoms with E-state index in [0.29, 0.717) is 18.9 Å². The summed E-state index contributed by atoms with van der Waals surface area (Å²) in [5, 5.41) is 9.08. The lowest BCUT2D eigenvalue weighted by Crippen LogP contribution is -2.43. The van der Waals surface area contributed by atoms with Crippen LogP contribution in [0.25, 0.3) is 0 Å². The standard InChI is InChI=1S/C17H18N2O3/c1-12-10-19(16-9-5-8-14(18-16)17(20)21)11-15(22-12)13-6-3-2-4-7-13/h2-9,12,15H,10-11H2,1H3,(H,20,21). The van der Waals surface area contributed by atoms with Gasteiger partial charge in [-0.3, -0.25) is 0 Å². The number of aromatic carboxylic acids is 1. The molecule has 2 unspecified atom stereocenters. The number of nitrogens with zero attached hydrogens (tertiary/aromatic N) is 2. The average molecular weight is 298 g/mol. The van der Waals surface area contributed by atoms with E-state index in [0.717, 1.165) is 5.56 Å². The topological polar surface area (TPSA) is 62.7 Å². The van der Waals surface area contributed by atoms with E-state index < -0.39 is 5.97 Å². The van der Waals surface area contributed by atoms with Gasteiger partial charge in [0, 0.05) is 13.1 Å². The Bertz CT molecular complexity index is 660. The van der Waals surface area contributed by atoms with E-state index in [1.165, 1.54) is 6.07 Å². The fourth-order valence-corrected chi connectivity index (χ4v) is 2.71. The highest BCUT2D eigenvalue weighted by Crippen LogP contribution is 2.27. The first-order valence-corrected chi connectivity index (χ1v) is 7.29.